The lowest BCUT2D eigenvalue weighted by Gasteiger charge is -2.35. The van der Waals surface area contributed by atoms with Crippen LogP contribution in [0.1, 0.15) is 17.2 Å². The number of ether oxygens (including phenoxy) is 1. The summed E-state index contributed by atoms with van der Waals surface area (Å²) in [6.45, 7) is 2.60. The Balaban J connectivity index is 0.00000288. The predicted octanol–water partition coefficient (Wildman–Crippen LogP) is 2.00. The minimum atomic E-state index is -4.36. The van der Waals surface area contributed by atoms with Crippen molar-refractivity contribution in [1.82, 2.24) is 10.2 Å². The van der Waals surface area contributed by atoms with Gasteiger partial charge in [-0.1, -0.05) is 12.1 Å². The first kappa shape index (κ1) is 23.9. The van der Waals surface area contributed by atoms with Gasteiger partial charge in [-0.05, 0) is 17.7 Å². The third-order valence-corrected chi connectivity index (χ3v) is 3.79. The molecule has 1 fully saturated rings. The van der Waals surface area contributed by atoms with E-state index in [1.165, 1.54) is 12.1 Å². The van der Waals surface area contributed by atoms with Crippen LogP contribution in [-0.2, 0) is 15.7 Å². The molecule has 0 aromatic heterocycles. The number of carbonyl (C=O) groups excluding carboxylic acids is 1. The fourth-order valence-electron chi connectivity index (χ4n) is 2.52. The zero-order valence-electron chi connectivity index (χ0n) is 13.4. The molecule has 25 heavy (non-hydrogen) atoms. The molecular weight excluding hydrogens is 382 g/mol. The number of halogens is 5. The summed E-state index contributed by atoms with van der Waals surface area (Å²) in [5.41, 5.74) is 5.31. The van der Waals surface area contributed by atoms with Crippen molar-refractivity contribution in [3.63, 3.8) is 0 Å². The second-order valence-electron chi connectivity index (χ2n) is 5.29. The molecule has 1 saturated heterocycles. The van der Waals surface area contributed by atoms with Crippen LogP contribution in [0.3, 0.4) is 0 Å². The summed E-state index contributed by atoms with van der Waals surface area (Å²) >= 11 is 0. The standard InChI is InChI=1S/C15H20F3N3O2.2ClH/c16-15(17,18)12-3-1-11(2-4-12)13(10-20-14(22)9-19)21-5-7-23-8-6-21;;/h1-4,13H,5-10,19H2,(H,20,22);2*1H. The lowest BCUT2D eigenvalue weighted by Crippen LogP contribution is -2.44. The molecule has 1 heterocycles. The van der Waals surface area contributed by atoms with Crippen molar-refractivity contribution >= 4 is 30.7 Å². The maximum atomic E-state index is 12.7. The first-order valence-corrected chi connectivity index (χ1v) is 7.37. The fraction of sp³-hybridized carbons (Fsp3) is 0.533. The number of nitrogens with zero attached hydrogens (tertiary/aromatic N) is 1. The Morgan fingerprint density at radius 1 is 1.20 bits per heavy atom. The molecule has 1 atom stereocenters. The van der Waals surface area contributed by atoms with E-state index < -0.39 is 11.7 Å². The van der Waals surface area contributed by atoms with Gasteiger partial charge in [0.1, 0.15) is 0 Å². The zero-order valence-corrected chi connectivity index (χ0v) is 15.1. The van der Waals surface area contributed by atoms with E-state index in [0.29, 0.717) is 32.8 Å². The van der Waals surface area contributed by atoms with Crippen LogP contribution in [0.15, 0.2) is 24.3 Å². The maximum Gasteiger partial charge on any atom is 0.416 e. The summed E-state index contributed by atoms with van der Waals surface area (Å²) in [7, 11) is 0. The summed E-state index contributed by atoms with van der Waals surface area (Å²) in [4.78, 5) is 13.5. The molecule has 1 unspecified atom stereocenters. The lowest BCUT2D eigenvalue weighted by molar-refractivity contribution is -0.137. The first-order valence-electron chi connectivity index (χ1n) is 7.37. The summed E-state index contributed by atoms with van der Waals surface area (Å²) in [6.07, 6.45) is -4.36. The first-order chi connectivity index (χ1) is 10.9. The van der Waals surface area contributed by atoms with Crippen molar-refractivity contribution in [2.45, 2.75) is 12.2 Å². The Morgan fingerprint density at radius 3 is 2.24 bits per heavy atom. The molecule has 1 aliphatic rings. The molecule has 0 spiro atoms. The van der Waals surface area contributed by atoms with Gasteiger partial charge in [0.15, 0.2) is 0 Å². The molecule has 5 nitrogen and oxygen atoms in total. The Morgan fingerprint density at radius 2 is 1.76 bits per heavy atom. The lowest BCUT2D eigenvalue weighted by atomic mass is 10.0. The zero-order chi connectivity index (χ0) is 16.9. The molecule has 0 aliphatic carbocycles. The van der Waals surface area contributed by atoms with Crippen molar-refractivity contribution in [3.05, 3.63) is 35.4 Å². The molecule has 1 aromatic carbocycles. The van der Waals surface area contributed by atoms with Crippen LogP contribution >= 0.6 is 24.8 Å². The fourth-order valence-corrected chi connectivity index (χ4v) is 2.52. The second kappa shape index (κ2) is 10.8. The van der Waals surface area contributed by atoms with Crippen molar-refractivity contribution in [1.29, 1.82) is 0 Å². The summed E-state index contributed by atoms with van der Waals surface area (Å²) in [5, 5.41) is 2.70. The highest BCUT2D eigenvalue weighted by molar-refractivity contribution is 5.85. The van der Waals surface area contributed by atoms with Crippen LogP contribution in [0.5, 0.6) is 0 Å². The Kier molecular flexibility index (Phi) is 10.4. The third kappa shape index (κ3) is 6.99. The molecular formula is C15H22Cl2F3N3O2. The number of hydrogen-bond acceptors (Lipinski definition) is 4. The van der Waals surface area contributed by atoms with Gasteiger partial charge in [0.25, 0.3) is 0 Å². The van der Waals surface area contributed by atoms with Gasteiger partial charge < -0.3 is 15.8 Å². The number of rotatable bonds is 5. The number of nitrogens with two attached hydrogens (primary N) is 1. The second-order valence-corrected chi connectivity index (χ2v) is 5.29. The van der Waals surface area contributed by atoms with Gasteiger partial charge >= 0.3 is 6.18 Å². The van der Waals surface area contributed by atoms with Gasteiger partial charge in [0, 0.05) is 19.6 Å². The molecule has 2 rings (SSSR count). The molecule has 3 N–H and O–H groups in total. The van der Waals surface area contributed by atoms with E-state index in [2.05, 4.69) is 10.2 Å². The van der Waals surface area contributed by atoms with Gasteiger partial charge in [0.05, 0.1) is 31.4 Å². The van der Waals surface area contributed by atoms with E-state index in [1.54, 1.807) is 0 Å². The number of amides is 1. The Bertz CT molecular complexity index is 524. The molecule has 1 aliphatic heterocycles. The predicted molar refractivity (Wildman–Crippen MR) is 93.1 cm³/mol. The molecule has 0 saturated carbocycles. The van der Waals surface area contributed by atoms with Crippen LogP contribution in [0.4, 0.5) is 13.2 Å². The number of carbonyl (C=O) groups is 1. The van der Waals surface area contributed by atoms with Crippen molar-refractivity contribution in [2.75, 3.05) is 39.4 Å². The van der Waals surface area contributed by atoms with Crippen molar-refractivity contribution in [3.8, 4) is 0 Å². The quantitative estimate of drug-likeness (QED) is 0.788. The number of nitrogens with one attached hydrogen (secondary N) is 1. The molecule has 144 valence electrons. The van der Waals surface area contributed by atoms with Crippen LogP contribution in [0.25, 0.3) is 0 Å². The van der Waals surface area contributed by atoms with Crippen LogP contribution in [0, 0.1) is 0 Å². The van der Waals surface area contributed by atoms with E-state index in [4.69, 9.17) is 10.5 Å². The number of benzene rings is 1. The maximum absolute atomic E-state index is 12.7. The molecule has 1 amide bonds. The summed E-state index contributed by atoms with van der Waals surface area (Å²) in [5.74, 6) is -0.296. The Hall–Kier alpha value is -1.06. The van der Waals surface area contributed by atoms with E-state index in [1.807, 2.05) is 0 Å². The highest BCUT2D eigenvalue weighted by atomic mass is 35.5. The molecule has 10 heteroatoms. The number of hydrogen-bond donors (Lipinski definition) is 2. The van der Waals surface area contributed by atoms with Gasteiger partial charge in [-0.15, -0.1) is 24.8 Å². The largest absolute Gasteiger partial charge is 0.416 e. The summed E-state index contributed by atoms with van der Waals surface area (Å²) in [6, 6.07) is 4.83. The van der Waals surface area contributed by atoms with Gasteiger partial charge in [-0.2, -0.15) is 13.2 Å². The minimum Gasteiger partial charge on any atom is -0.379 e. The molecule has 1 aromatic rings. The van der Waals surface area contributed by atoms with E-state index in [0.717, 1.165) is 17.7 Å². The van der Waals surface area contributed by atoms with Crippen LogP contribution in [0.2, 0.25) is 0 Å². The third-order valence-electron chi connectivity index (χ3n) is 3.79. The van der Waals surface area contributed by atoms with E-state index in [-0.39, 0.29) is 43.3 Å². The van der Waals surface area contributed by atoms with Crippen LogP contribution < -0.4 is 11.1 Å². The average Bonchev–Trinajstić information content (AvgIpc) is 2.55. The SMILES string of the molecule is Cl.Cl.NCC(=O)NCC(c1ccc(C(F)(F)F)cc1)N1CCOCC1. The molecule has 0 radical (unpaired) electrons. The van der Waals surface area contributed by atoms with Gasteiger partial charge in [0.2, 0.25) is 5.91 Å². The average molecular weight is 404 g/mol. The van der Waals surface area contributed by atoms with Gasteiger partial charge in [-0.3, -0.25) is 9.69 Å². The normalized spacial score (nSPS) is 16.3. The van der Waals surface area contributed by atoms with E-state index in [9.17, 15) is 18.0 Å². The summed E-state index contributed by atoms with van der Waals surface area (Å²) < 4.78 is 43.3. The van der Waals surface area contributed by atoms with Crippen molar-refractivity contribution in [2.24, 2.45) is 5.73 Å². The minimum absolute atomic E-state index is 0. The Labute approximate surface area is 156 Å². The van der Waals surface area contributed by atoms with E-state index >= 15 is 0 Å². The smallest absolute Gasteiger partial charge is 0.379 e. The monoisotopic (exact) mass is 403 g/mol. The van der Waals surface area contributed by atoms with Gasteiger partial charge in [-0.25, -0.2) is 0 Å². The van der Waals surface area contributed by atoms with Crippen LogP contribution in [-0.4, -0.2) is 50.2 Å². The highest BCUT2D eigenvalue weighted by Crippen LogP contribution is 2.30. The number of alkyl halides is 3. The van der Waals surface area contributed by atoms with Crippen molar-refractivity contribution < 1.29 is 22.7 Å². The topological polar surface area (TPSA) is 67.6 Å². The molecule has 0 bridgehead atoms. The highest BCUT2D eigenvalue weighted by Gasteiger charge is 2.31. The number of morpholine rings is 1.